The van der Waals surface area contributed by atoms with E-state index in [0.717, 1.165) is 13.1 Å². The average Bonchev–Trinajstić information content (AvgIpc) is 2.99. The molecule has 1 saturated heterocycles. The van der Waals surface area contributed by atoms with E-state index < -0.39 is 0 Å². The minimum atomic E-state index is 0. The summed E-state index contributed by atoms with van der Waals surface area (Å²) in [4.78, 5) is 8.76. The van der Waals surface area contributed by atoms with E-state index in [1.54, 1.807) is 0 Å². The first kappa shape index (κ1) is 18.9. The summed E-state index contributed by atoms with van der Waals surface area (Å²) in [5.41, 5.74) is 0.549. The monoisotopic (exact) mass is 402 g/mol. The smallest absolute Gasteiger partial charge is 0.122 e. The summed E-state index contributed by atoms with van der Waals surface area (Å²) in [6, 6.07) is 11.8. The van der Waals surface area contributed by atoms with Crippen LogP contribution in [0.3, 0.4) is 0 Å². The van der Waals surface area contributed by atoms with Crippen LogP contribution in [-0.4, -0.2) is 33.6 Å². The van der Waals surface area contributed by atoms with Crippen molar-refractivity contribution in [2.75, 3.05) is 13.1 Å². The Kier molecular flexibility index (Phi) is 5.30. The van der Waals surface area contributed by atoms with Gasteiger partial charge in [-0.2, -0.15) is 0 Å². The summed E-state index contributed by atoms with van der Waals surface area (Å²) in [6.45, 7) is 4.33. The average molecular weight is 403 g/mol. The number of fused-ring (bicyclic) bond motifs is 1. The maximum Gasteiger partial charge on any atom is 0.122 e. The van der Waals surface area contributed by atoms with Crippen LogP contribution in [0.15, 0.2) is 42.7 Å². The van der Waals surface area contributed by atoms with Crippen LogP contribution in [0.4, 0.5) is 0 Å². The standard InChI is InChI=1S/C21H26N4S.ClH/c1-24-11-10-23-20(24)15-25(19-13-21(19)6-8-22-9-7-21)14-17-12-16-4-2-3-5-18(16)26-17;/h2-5,10-12,19,22H,6-9,13-15H2,1H3;1H. The van der Waals surface area contributed by atoms with Gasteiger partial charge in [0.15, 0.2) is 0 Å². The number of benzene rings is 1. The summed E-state index contributed by atoms with van der Waals surface area (Å²) in [7, 11) is 2.10. The van der Waals surface area contributed by atoms with E-state index >= 15 is 0 Å². The highest BCUT2D eigenvalue weighted by molar-refractivity contribution is 7.19. The number of thiophene rings is 1. The molecule has 1 unspecified atom stereocenters. The summed E-state index contributed by atoms with van der Waals surface area (Å²) in [6.07, 6.45) is 7.96. The van der Waals surface area contributed by atoms with Gasteiger partial charge >= 0.3 is 0 Å². The van der Waals surface area contributed by atoms with Gasteiger partial charge in [0.05, 0.1) is 6.54 Å². The lowest BCUT2D eigenvalue weighted by Crippen LogP contribution is -2.36. The van der Waals surface area contributed by atoms with Crippen molar-refractivity contribution in [3.63, 3.8) is 0 Å². The van der Waals surface area contributed by atoms with Crippen LogP contribution in [0.5, 0.6) is 0 Å². The molecule has 1 saturated carbocycles. The molecule has 6 heteroatoms. The highest BCUT2D eigenvalue weighted by atomic mass is 35.5. The lowest BCUT2D eigenvalue weighted by atomic mass is 9.93. The Morgan fingerprint density at radius 2 is 2.07 bits per heavy atom. The summed E-state index contributed by atoms with van der Waals surface area (Å²) in [5, 5.41) is 4.90. The Balaban J connectivity index is 0.00000180. The van der Waals surface area contributed by atoms with E-state index in [4.69, 9.17) is 0 Å². The fourth-order valence-corrected chi connectivity index (χ4v) is 5.72. The predicted molar refractivity (Wildman–Crippen MR) is 114 cm³/mol. The van der Waals surface area contributed by atoms with Crippen molar-refractivity contribution < 1.29 is 0 Å². The Morgan fingerprint density at radius 1 is 1.26 bits per heavy atom. The second-order valence-electron chi connectivity index (χ2n) is 7.94. The number of hydrogen-bond acceptors (Lipinski definition) is 4. The normalized spacial score (nSPS) is 20.9. The van der Waals surface area contributed by atoms with Crippen molar-refractivity contribution in [2.24, 2.45) is 12.5 Å². The molecule has 2 aliphatic rings. The first-order valence-corrected chi connectivity index (χ1v) is 10.4. The van der Waals surface area contributed by atoms with Crippen molar-refractivity contribution in [2.45, 2.75) is 38.4 Å². The lowest BCUT2D eigenvalue weighted by Gasteiger charge is -2.29. The number of aryl methyl sites for hydroxylation is 1. The molecule has 2 aromatic heterocycles. The molecule has 0 radical (unpaired) electrons. The molecule has 1 spiro atoms. The van der Waals surface area contributed by atoms with Crippen molar-refractivity contribution in [3.8, 4) is 0 Å². The zero-order valence-electron chi connectivity index (χ0n) is 15.7. The molecule has 27 heavy (non-hydrogen) atoms. The van der Waals surface area contributed by atoms with Gasteiger partial charge in [0, 0.05) is 41.6 Å². The molecule has 0 amide bonds. The number of piperidine rings is 1. The van der Waals surface area contributed by atoms with Crippen molar-refractivity contribution in [1.82, 2.24) is 19.8 Å². The zero-order valence-corrected chi connectivity index (χ0v) is 17.4. The van der Waals surface area contributed by atoms with E-state index in [0.29, 0.717) is 11.5 Å². The van der Waals surface area contributed by atoms with Gasteiger partial charge in [0.25, 0.3) is 0 Å². The van der Waals surface area contributed by atoms with Gasteiger partial charge in [-0.1, -0.05) is 18.2 Å². The molecule has 1 aromatic carbocycles. The highest BCUT2D eigenvalue weighted by Crippen LogP contribution is 2.56. The molecule has 1 aliphatic carbocycles. The number of halogens is 1. The van der Waals surface area contributed by atoms with E-state index in [1.165, 1.54) is 53.1 Å². The first-order valence-electron chi connectivity index (χ1n) is 9.62. The topological polar surface area (TPSA) is 33.1 Å². The third-order valence-corrected chi connectivity index (χ3v) is 7.39. The number of nitrogens with one attached hydrogen (secondary N) is 1. The van der Waals surface area contributed by atoms with Crippen molar-refractivity contribution in [1.29, 1.82) is 0 Å². The predicted octanol–water partition coefficient (Wildman–Crippen LogP) is 4.20. The second kappa shape index (κ2) is 7.55. The van der Waals surface area contributed by atoms with Crippen LogP contribution in [0.2, 0.25) is 0 Å². The van der Waals surface area contributed by atoms with E-state index in [9.17, 15) is 0 Å². The number of nitrogens with zero attached hydrogens (tertiary/aromatic N) is 3. The Labute approximate surface area is 171 Å². The van der Waals surface area contributed by atoms with Crippen LogP contribution in [0, 0.1) is 5.41 Å². The van der Waals surface area contributed by atoms with Gasteiger partial charge in [-0.25, -0.2) is 4.98 Å². The van der Waals surface area contributed by atoms with Gasteiger partial charge in [0.2, 0.25) is 0 Å². The van der Waals surface area contributed by atoms with Gasteiger partial charge in [-0.15, -0.1) is 23.7 Å². The maximum absolute atomic E-state index is 4.60. The largest absolute Gasteiger partial charge is 0.337 e. The Bertz CT molecular complexity index is 879. The Hall–Kier alpha value is -1.40. The van der Waals surface area contributed by atoms with Crippen LogP contribution < -0.4 is 5.32 Å². The molecule has 144 valence electrons. The molecule has 1 atom stereocenters. The quantitative estimate of drug-likeness (QED) is 0.694. The third kappa shape index (κ3) is 3.66. The number of rotatable bonds is 5. The first-order chi connectivity index (χ1) is 12.7. The number of hydrogen-bond donors (Lipinski definition) is 1. The van der Waals surface area contributed by atoms with Gasteiger partial charge < -0.3 is 9.88 Å². The third-order valence-electron chi connectivity index (χ3n) is 6.29. The molecular formula is C21H27ClN4S. The molecule has 1 aliphatic heterocycles. The van der Waals surface area contributed by atoms with E-state index in [-0.39, 0.29) is 12.4 Å². The summed E-state index contributed by atoms with van der Waals surface area (Å²) in [5.74, 6) is 1.17. The second-order valence-corrected chi connectivity index (χ2v) is 9.11. The van der Waals surface area contributed by atoms with Gasteiger partial charge in [0.1, 0.15) is 5.82 Å². The van der Waals surface area contributed by atoms with Crippen LogP contribution in [0.25, 0.3) is 10.1 Å². The van der Waals surface area contributed by atoms with Crippen LogP contribution >= 0.6 is 23.7 Å². The number of imidazole rings is 1. The zero-order chi connectivity index (χ0) is 17.6. The Morgan fingerprint density at radius 3 is 2.81 bits per heavy atom. The molecule has 5 rings (SSSR count). The lowest BCUT2D eigenvalue weighted by molar-refractivity contribution is 0.184. The fourth-order valence-electron chi connectivity index (χ4n) is 4.63. The van der Waals surface area contributed by atoms with Crippen molar-refractivity contribution >= 4 is 33.8 Å². The van der Waals surface area contributed by atoms with Crippen LogP contribution in [0.1, 0.15) is 30.0 Å². The molecular weight excluding hydrogens is 376 g/mol. The number of aromatic nitrogens is 2. The summed E-state index contributed by atoms with van der Waals surface area (Å²) >= 11 is 1.94. The van der Waals surface area contributed by atoms with Crippen molar-refractivity contribution in [3.05, 3.63) is 53.4 Å². The SMILES string of the molecule is Cl.Cn1ccnc1CN(Cc1cc2ccccc2s1)C1CC12CCNCC2. The molecule has 1 N–H and O–H groups in total. The molecule has 3 heterocycles. The minimum Gasteiger partial charge on any atom is -0.337 e. The molecule has 3 aromatic rings. The van der Waals surface area contributed by atoms with E-state index in [1.807, 2.05) is 17.5 Å². The fraction of sp³-hybridized carbons (Fsp3) is 0.476. The van der Waals surface area contributed by atoms with Crippen LogP contribution in [-0.2, 0) is 20.1 Å². The molecule has 0 bridgehead atoms. The minimum absolute atomic E-state index is 0. The molecule has 2 fully saturated rings. The van der Waals surface area contributed by atoms with E-state index in [2.05, 4.69) is 63.3 Å². The maximum atomic E-state index is 4.60. The highest BCUT2D eigenvalue weighted by Gasteiger charge is 2.56. The summed E-state index contributed by atoms with van der Waals surface area (Å²) < 4.78 is 3.56. The van der Waals surface area contributed by atoms with Gasteiger partial charge in [-0.05, 0) is 55.3 Å². The molecule has 4 nitrogen and oxygen atoms in total. The van der Waals surface area contributed by atoms with Gasteiger partial charge in [-0.3, -0.25) is 4.90 Å².